The van der Waals surface area contributed by atoms with Crippen LogP contribution >= 0.6 is 0 Å². The van der Waals surface area contributed by atoms with Crippen LogP contribution in [0.15, 0.2) is 18.2 Å². The number of anilines is 2. The number of hydrogen-bond donors (Lipinski definition) is 1. The molecule has 1 N–H and O–H groups in total. The van der Waals surface area contributed by atoms with E-state index in [0.29, 0.717) is 12.3 Å². The van der Waals surface area contributed by atoms with E-state index in [0.717, 1.165) is 30.6 Å². The number of hydrogen-bond acceptors (Lipinski definition) is 4. The average molecular weight is 286 g/mol. The largest absolute Gasteiger partial charge is 0.383 e. The summed E-state index contributed by atoms with van der Waals surface area (Å²) in [7, 11) is -1.59. The monoisotopic (exact) mass is 286 g/mol. The van der Waals surface area contributed by atoms with E-state index in [-0.39, 0.29) is 0 Å². The molecule has 0 aliphatic heterocycles. The lowest BCUT2D eigenvalue weighted by Crippen LogP contribution is -2.27. The molecule has 19 heavy (non-hydrogen) atoms. The third-order valence-corrected chi connectivity index (χ3v) is 3.42. The Morgan fingerprint density at radius 1 is 1.37 bits per heavy atom. The maximum Gasteiger partial charge on any atom is 0.229 e. The number of methoxy groups -OCH3 is 1. The van der Waals surface area contributed by atoms with Crippen molar-refractivity contribution < 1.29 is 13.2 Å². The highest BCUT2D eigenvalue weighted by Crippen LogP contribution is 2.24. The minimum absolute atomic E-state index is 0.621. The maximum absolute atomic E-state index is 11.3. The van der Waals surface area contributed by atoms with E-state index in [1.165, 1.54) is 0 Å². The molecule has 1 rings (SSSR count). The molecule has 0 fully saturated rings. The first-order chi connectivity index (χ1) is 8.87. The van der Waals surface area contributed by atoms with Gasteiger partial charge in [-0.15, -0.1) is 0 Å². The van der Waals surface area contributed by atoms with Crippen LogP contribution in [0.3, 0.4) is 0 Å². The molecule has 5 nitrogen and oxygen atoms in total. The summed E-state index contributed by atoms with van der Waals surface area (Å²) in [5.41, 5.74) is 2.50. The predicted octanol–water partition coefficient (Wildman–Crippen LogP) is 1.84. The van der Waals surface area contributed by atoms with Crippen LogP contribution in [0.5, 0.6) is 0 Å². The number of likely N-dealkylation sites (N-methyl/N-ethyl adjacent to an activating group) is 1. The Hall–Kier alpha value is -1.27. The normalized spacial score (nSPS) is 11.4. The van der Waals surface area contributed by atoms with Crippen LogP contribution in [0.2, 0.25) is 0 Å². The van der Waals surface area contributed by atoms with Crippen molar-refractivity contribution in [3.05, 3.63) is 23.8 Å². The molecule has 0 radical (unpaired) electrons. The minimum Gasteiger partial charge on any atom is -0.383 e. The van der Waals surface area contributed by atoms with Crippen molar-refractivity contribution in [2.75, 3.05) is 42.7 Å². The molecular formula is C13H22N2O3S. The van der Waals surface area contributed by atoms with Crippen LogP contribution in [-0.4, -0.2) is 41.5 Å². The summed E-state index contributed by atoms with van der Waals surface area (Å²) in [6.45, 7) is 6.18. The summed E-state index contributed by atoms with van der Waals surface area (Å²) in [5.74, 6) is 0. The van der Waals surface area contributed by atoms with Crippen molar-refractivity contribution in [3.8, 4) is 0 Å². The molecule has 108 valence electrons. The summed E-state index contributed by atoms with van der Waals surface area (Å²) in [6.07, 6.45) is 1.15. The lowest BCUT2D eigenvalue weighted by Gasteiger charge is -2.24. The van der Waals surface area contributed by atoms with E-state index < -0.39 is 10.0 Å². The molecule has 0 heterocycles. The summed E-state index contributed by atoms with van der Waals surface area (Å²) in [4.78, 5) is 2.14. The van der Waals surface area contributed by atoms with Gasteiger partial charge in [0, 0.05) is 25.9 Å². The number of aryl methyl sites for hydroxylation is 1. The Bertz CT molecular complexity index is 515. The lowest BCUT2D eigenvalue weighted by atomic mass is 10.1. The molecule has 1 aromatic carbocycles. The van der Waals surface area contributed by atoms with E-state index >= 15 is 0 Å². The van der Waals surface area contributed by atoms with Crippen molar-refractivity contribution in [1.29, 1.82) is 0 Å². The number of nitrogens with one attached hydrogen (secondary N) is 1. The smallest absolute Gasteiger partial charge is 0.229 e. The van der Waals surface area contributed by atoms with Crippen LogP contribution in [0.25, 0.3) is 0 Å². The second-order valence-electron chi connectivity index (χ2n) is 4.45. The van der Waals surface area contributed by atoms with Crippen LogP contribution in [-0.2, 0) is 14.8 Å². The second kappa shape index (κ2) is 6.77. The fourth-order valence-electron chi connectivity index (χ4n) is 1.79. The highest BCUT2D eigenvalue weighted by molar-refractivity contribution is 7.92. The number of nitrogens with zero attached hydrogens (tertiary/aromatic N) is 1. The second-order valence-corrected chi connectivity index (χ2v) is 6.19. The van der Waals surface area contributed by atoms with Gasteiger partial charge in [0.25, 0.3) is 0 Å². The summed E-state index contributed by atoms with van der Waals surface area (Å²) < 4.78 is 30.3. The van der Waals surface area contributed by atoms with E-state index in [9.17, 15) is 8.42 Å². The van der Waals surface area contributed by atoms with Crippen molar-refractivity contribution in [3.63, 3.8) is 0 Å². The topological polar surface area (TPSA) is 58.6 Å². The van der Waals surface area contributed by atoms with Crippen molar-refractivity contribution in [2.45, 2.75) is 13.8 Å². The van der Waals surface area contributed by atoms with E-state index in [2.05, 4.69) is 16.5 Å². The highest BCUT2D eigenvalue weighted by atomic mass is 32.2. The quantitative estimate of drug-likeness (QED) is 0.831. The van der Waals surface area contributed by atoms with Crippen LogP contribution in [0.1, 0.15) is 12.5 Å². The van der Waals surface area contributed by atoms with Gasteiger partial charge in [-0.1, -0.05) is 6.07 Å². The van der Waals surface area contributed by atoms with Gasteiger partial charge in [0.1, 0.15) is 0 Å². The fourth-order valence-corrected chi connectivity index (χ4v) is 2.41. The number of rotatable bonds is 7. The molecule has 0 aromatic heterocycles. The molecule has 0 saturated carbocycles. The Labute approximate surface area is 115 Å². The van der Waals surface area contributed by atoms with Gasteiger partial charge >= 0.3 is 0 Å². The lowest BCUT2D eigenvalue weighted by molar-refractivity contribution is 0.205. The van der Waals surface area contributed by atoms with Gasteiger partial charge in [-0.3, -0.25) is 4.72 Å². The Morgan fingerprint density at radius 2 is 2.05 bits per heavy atom. The molecule has 0 bridgehead atoms. The molecule has 6 heteroatoms. The van der Waals surface area contributed by atoms with Crippen molar-refractivity contribution >= 4 is 21.4 Å². The molecular weight excluding hydrogens is 264 g/mol. The summed E-state index contributed by atoms with van der Waals surface area (Å²) in [6, 6.07) is 5.76. The van der Waals surface area contributed by atoms with E-state index in [1.54, 1.807) is 7.11 Å². The first-order valence-corrected chi connectivity index (χ1v) is 8.09. The summed E-state index contributed by atoms with van der Waals surface area (Å²) >= 11 is 0. The molecule has 0 aliphatic carbocycles. The number of sulfonamides is 1. The van der Waals surface area contributed by atoms with Gasteiger partial charge in [0.15, 0.2) is 0 Å². The van der Waals surface area contributed by atoms with Gasteiger partial charge in [-0.2, -0.15) is 0 Å². The van der Waals surface area contributed by atoms with Crippen LogP contribution < -0.4 is 9.62 Å². The van der Waals surface area contributed by atoms with Gasteiger partial charge in [-0.05, 0) is 31.5 Å². The van der Waals surface area contributed by atoms with Crippen molar-refractivity contribution in [2.24, 2.45) is 0 Å². The highest BCUT2D eigenvalue weighted by Gasteiger charge is 2.09. The standard InChI is InChI=1S/C13H22N2O3S/c1-5-15(8-9-18-3)12-7-6-11(2)13(10-12)14-19(4,16)17/h6-7,10,14H,5,8-9H2,1-4H3. The molecule has 0 unspecified atom stereocenters. The number of benzene rings is 1. The molecule has 1 aromatic rings. The number of ether oxygens (including phenoxy) is 1. The Balaban J connectivity index is 2.99. The third kappa shape index (κ3) is 5.08. The zero-order valence-electron chi connectivity index (χ0n) is 11.9. The molecule has 0 spiro atoms. The Kier molecular flexibility index (Phi) is 5.62. The maximum atomic E-state index is 11.3. The van der Waals surface area contributed by atoms with Gasteiger partial charge < -0.3 is 9.64 Å². The van der Waals surface area contributed by atoms with Gasteiger partial charge in [0.2, 0.25) is 10.0 Å². The molecule has 0 atom stereocenters. The first-order valence-electron chi connectivity index (χ1n) is 6.19. The average Bonchev–Trinajstić information content (AvgIpc) is 2.32. The van der Waals surface area contributed by atoms with E-state index in [4.69, 9.17) is 4.74 Å². The fraction of sp³-hybridized carbons (Fsp3) is 0.538. The Morgan fingerprint density at radius 3 is 2.58 bits per heavy atom. The zero-order valence-corrected chi connectivity index (χ0v) is 12.8. The van der Waals surface area contributed by atoms with Gasteiger partial charge in [-0.25, -0.2) is 8.42 Å². The molecule has 0 aliphatic rings. The van der Waals surface area contributed by atoms with Gasteiger partial charge in [0.05, 0.1) is 18.6 Å². The first kappa shape index (κ1) is 15.8. The SMILES string of the molecule is CCN(CCOC)c1ccc(C)c(NS(C)(=O)=O)c1. The predicted molar refractivity (Wildman–Crippen MR) is 79.4 cm³/mol. The minimum atomic E-state index is -3.26. The zero-order chi connectivity index (χ0) is 14.5. The van der Waals surface area contributed by atoms with Crippen LogP contribution in [0, 0.1) is 6.92 Å². The molecule has 0 saturated heterocycles. The molecule has 0 amide bonds. The van der Waals surface area contributed by atoms with Crippen LogP contribution in [0.4, 0.5) is 11.4 Å². The third-order valence-electron chi connectivity index (χ3n) is 2.83. The summed E-state index contributed by atoms with van der Waals surface area (Å²) in [5, 5.41) is 0. The van der Waals surface area contributed by atoms with Crippen molar-refractivity contribution in [1.82, 2.24) is 0 Å². The van der Waals surface area contributed by atoms with E-state index in [1.807, 2.05) is 25.1 Å².